The molecule has 2 aromatic carbocycles. The maximum Gasteiger partial charge on any atom is 0.305 e. The molecular formula is C23H27NO5. The van der Waals surface area contributed by atoms with Gasteiger partial charge in [0, 0.05) is 18.1 Å². The average molecular weight is 397 g/mol. The van der Waals surface area contributed by atoms with Gasteiger partial charge in [-0.2, -0.15) is 0 Å². The fraction of sp³-hybridized carbons (Fsp3) is 0.391. The minimum Gasteiger partial charge on any atom is -0.497 e. The van der Waals surface area contributed by atoms with Crippen LogP contribution in [0.1, 0.15) is 54.3 Å². The molecule has 0 aromatic heterocycles. The van der Waals surface area contributed by atoms with Gasteiger partial charge < -0.3 is 19.9 Å². The number of fused-ring (bicyclic) bond motifs is 1. The molecule has 1 amide bonds. The van der Waals surface area contributed by atoms with E-state index >= 15 is 0 Å². The monoisotopic (exact) mass is 397 g/mol. The van der Waals surface area contributed by atoms with Crippen molar-refractivity contribution in [2.75, 3.05) is 14.2 Å². The quantitative estimate of drug-likeness (QED) is 0.707. The molecule has 0 spiro atoms. The third-order valence-electron chi connectivity index (χ3n) is 5.46. The van der Waals surface area contributed by atoms with E-state index in [1.807, 2.05) is 12.1 Å². The second-order valence-corrected chi connectivity index (χ2v) is 7.32. The second kappa shape index (κ2) is 9.45. The molecule has 0 fully saturated rings. The predicted molar refractivity (Wildman–Crippen MR) is 109 cm³/mol. The number of amides is 1. The van der Waals surface area contributed by atoms with Crippen LogP contribution >= 0.6 is 0 Å². The Bertz CT molecular complexity index is 879. The van der Waals surface area contributed by atoms with Gasteiger partial charge in [0.15, 0.2) is 0 Å². The van der Waals surface area contributed by atoms with Crippen LogP contribution in [0.15, 0.2) is 42.5 Å². The molecule has 1 aliphatic rings. The van der Waals surface area contributed by atoms with Gasteiger partial charge in [0.1, 0.15) is 11.5 Å². The van der Waals surface area contributed by atoms with Gasteiger partial charge >= 0.3 is 5.97 Å². The summed E-state index contributed by atoms with van der Waals surface area (Å²) in [7, 11) is 3.06. The number of carbonyl (C=O) groups excluding carboxylic acids is 1. The molecule has 6 heteroatoms. The van der Waals surface area contributed by atoms with Crippen LogP contribution < -0.4 is 14.8 Å². The van der Waals surface area contributed by atoms with Gasteiger partial charge in [0.25, 0.3) is 0 Å². The van der Waals surface area contributed by atoms with E-state index in [1.54, 1.807) is 25.3 Å². The third-order valence-corrected chi connectivity index (χ3v) is 5.46. The van der Waals surface area contributed by atoms with E-state index in [-0.39, 0.29) is 18.2 Å². The molecule has 1 aliphatic carbocycles. The van der Waals surface area contributed by atoms with Gasteiger partial charge in [-0.15, -0.1) is 0 Å². The number of hydrogen-bond acceptors (Lipinski definition) is 4. The number of benzene rings is 2. The van der Waals surface area contributed by atoms with Crippen LogP contribution in [0.25, 0.3) is 0 Å². The van der Waals surface area contributed by atoms with Crippen LogP contribution in [0, 0.1) is 0 Å². The number of carboxylic acids is 1. The van der Waals surface area contributed by atoms with Crippen molar-refractivity contribution >= 4 is 11.9 Å². The summed E-state index contributed by atoms with van der Waals surface area (Å²) >= 11 is 0. The lowest BCUT2D eigenvalue weighted by Crippen LogP contribution is -2.32. The zero-order valence-corrected chi connectivity index (χ0v) is 16.8. The highest BCUT2D eigenvalue weighted by molar-refractivity contribution is 5.79. The molecule has 0 saturated carbocycles. The molecule has 0 bridgehead atoms. The number of aliphatic carboxylic acids is 1. The molecule has 2 unspecified atom stereocenters. The van der Waals surface area contributed by atoms with E-state index in [1.165, 1.54) is 18.2 Å². The zero-order chi connectivity index (χ0) is 20.8. The van der Waals surface area contributed by atoms with Crippen LogP contribution in [0.4, 0.5) is 0 Å². The van der Waals surface area contributed by atoms with Crippen molar-refractivity contribution in [2.45, 2.75) is 44.1 Å². The summed E-state index contributed by atoms with van der Waals surface area (Å²) in [5.41, 5.74) is 3.15. The molecule has 2 atom stereocenters. The molecule has 0 heterocycles. The van der Waals surface area contributed by atoms with Gasteiger partial charge in [-0.1, -0.05) is 24.3 Å². The summed E-state index contributed by atoms with van der Waals surface area (Å²) in [5, 5.41) is 12.3. The highest BCUT2D eigenvalue weighted by Gasteiger charge is 2.26. The summed E-state index contributed by atoms with van der Waals surface area (Å²) in [5.74, 6) is 0.0962. The van der Waals surface area contributed by atoms with E-state index in [9.17, 15) is 14.7 Å². The first-order valence-corrected chi connectivity index (χ1v) is 9.82. The van der Waals surface area contributed by atoms with Gasteiger partial charge in [-0.3, -0.25) is 9.59 Å². The fourth-order valence-electron chi connectivity index (χ4n) is 4.06. The predicted octanol–water partition coefficient (Wildman–Crippen LogP) is 3.85. The summed E-state index contributed by atoms with van der Waals surface area (Å²) in [6.07, 6.45) is 3.17. The van der Waals surface area contributed by atoms with E-state index < -0.39 is 12.0 Å². The van der Waals surface area contributed by atoms with Gasteiger partial charge in [-0.25, -0.2) is 0 Å². The Morgan fingerprint density at radius 3 is 2.69 bits per heavy atom. The van der Waals surface area contributed by atoms with Crippen molar-refractivity contribution in [3.05, 3.63) is 59.2 Å². The lowest BCUT2D eigenvalue weighted by Gasteiger charge is -2.26. The van der Waals surface area contributed by atoms with Gasteiger partial charge in [0.2, 0.25) is 5.91 Å². The van der Waals surface area contributed by atoms with Crippen molar-refractivity contribution in [1.29, 1.82) is 0 Å². The fourth-order valence-corrected chi connectivity index (χ4v) is 4.06. The third kappa shape index (κ3) is 5.08. The molecule has 0 radical (unpaired) electrons. The summed E-state index contributed by atoms with van der Waals surface area (Å²) in [6.45, 7) is 0. The number of carboxylic acid groups (broad SMARTS) is 1. The summed E-state index contributed by atoms with van der Waals surface area (Å²) in [6, 6.07) is 12.7. The smallest absolute Gasteiger partial charge is 0.305 e. The molecule has 29 heavy (non-hydrogen) atoms. The normalized spacial score (nSPS) is 16.4. The maximum absolute atomic E-state index is 12.8. The standard InChI is InChI=1S/C23H27NO5/c1-28-17-10-11-19(21(13-17)29-2)20(14-23(26)27)24-22(25)12-16-8-5-7-15-6-3-4-9-18(15)16/h3-4,6,9-11,13,16,20H,5,7-8,12,14H2,1-2H3,(H,24,25)(H,26,27). The minimum atomic E-state index is -0.990. The molecular weight excluding hydrogens is 370 g/mol. The first kappa shape index (κ1) is 20.7. The number of ether oxygens (including phenoxy) is 2. The Morgan fingerprint density at radius 2 is 1.97 bits per heavy atom. The Labute approximate surface area is 170 Å². The van der Waals surface area contributed by atoms with E-state index in [0.29, 0.717) is 23.5 Å². The van der Waals surface area contributed by atoms with Crippen molar-refractivity contribution in [2.24, 2.45) is 0 Å². The maximum atomic E-state index is 12.8. The first-order chi connectivity index (χ1) is 14.0. The topological polar surface area (TPSA) is 84.9 Å². The van der Waals surface area contributed by atoms with E-state index in [0.717, 1.165) is 19.3 Å². The minimum absolute atomic E-state index is 0.156. The Morgan fingerprint density at radius 1 is 1.17 bits per heavy atom. The largest absolute Gasteiger partial charge is 0.497 e. The number of nitrogens with one attached hydrogen (secondary N) is 1. The van der Waals surface area contributed by atoms with Crippen molar-refractivity contribution in [3.63, 3.8) is 0 Å². The number of aryl methyl sites for hydroxylation is 1. The highest BCUT2D eigenvalue weighted by atomic mass is 16.5. The Hall–Kier alpha value is -3.02. The SMILES string of the molecule is COc1ccc(C(CC(=O)O)NC(=O)CC2CCCc3ccccc32)c(OC)c1. The van der Waals surface area contributed by atoms with Crippen LogP contribution in [-0.4, -0.2) is 31.2 Å². The zero-order valence-electron chi connectivity index (χ0n) is 16.8. The number of methoxy groups -OCH3 is 2. The molecule has 6 nitrogen and oxygen atoms in total. The molecule has 0 saturated heterocycles. The highest BCUT2D eigenvalue weighted by Crippen LogP contribution is 2.35. The molecule has 0 aliphatic heterocycles. The number of rotatable bonds is 8. The van der Waals surface area contributed by atoms with Crippen LogP contribution in [0.2, 0.25) is 0 Å². The lowest BCUT2D eigenvalue weighted by molar-refractivity contribution is -0.137. The molecule has 2 aromatic rings. The van der Waals surface area contributed by atoms with Crippen LogP contribution in [0.5, 0.6) is 11.5 Å². The van der Waals surface area contributed by atoms with Crippen molar-refractivity contribution in [1.82, 2.24) is 5.32 Å². The second-order valence-electron chi connectivity index (χ2n) is 7.32. The Balaban J connectivity index is 1.78. The first-order valence-electron chi connectivity index (χ1n) is 9.82. The average Bonchev–Trinajstić information content (AvgIpc) is 2.72. The van der Waals surface area contributed by atoms with Crippen LogP contribution in [0.3, 0.4) is 0 Å². The summed E-state index contributed by atoms with van der Waals surface area (Å²) in [4.78, 5) is 24.3. The van der Waals surface area contributed by atoms with Gasteiger partial charge in [0.05, 0.1) is 26.7 Å². The van der Waals surface area contributed by atoms with Crippen molar-refractivity contribution < 1.29 is 24.2 Å². The van der Waals surface area contributed by atoms with Crippen LogP contribution in [-0.2, 0) is 16.0 Å². The summed E-state index contributed by atoms with van der Waals surface area (Å²) < 4.78 is 10.6. The molecule has 154 valence electrons. The van der Waals surface area contributed by atoms with E-state index in [4.69, 9.17) is 9.47 Å². The molecule has 2 N–H and O–H groups in total. The number of carbonyl (C=O) groups is 2. The Kier molecular flexibility index (Phi) is 6.75. The molecule has 3 rings (SSSR count). The lowest BCUT2D eigenvalue weighted by atomic mass is 9.81. The van der Waals surface area contributed by atoms with E-state index in [2.05, 4.69) is 17.4 Å². The van der Waals surface area contributed by atoms with Crippen molar-refractivity contribution in [3.8, 4) is 11.5 Å². The number of hydrogen-bond donors (Lipinski definition) is 2. The van der Waals surface area contributed by atoms with Gasteiger partial charge in [-0.05, 0) is 48.4 Å².